The molecule has 26 heavy (non-hydrogen) atoms. The Bertz CT molecular complexity index is 719. The summed E-state index contributed by atoms with van der Waals surface area (Å²) in [6.45, 7) is 4.77. The summed E-state index contributed by atoms with van der Waals surface area (Å²) in [6.07, 6.45) is 2.73. The van der Waals surface area contributed by atoms with Gasteiger partial charge in [0.15, 0.2) is 0 Å². The smallest absolute Gasteiger partial charge is 0.226 e. The Hall–Kier alpha value is -2.49. The third-order valence-electron chi connectivity index (χ3n) is 5.12. The number of anilines is 1. The van der Waals surface area contributed by atoms with E-state index in [1.54, 1.807) is 7.11 Å². The molecule has 1 aliphatic rings. The number of hydrogen-bond donors (Lipinski definition) is 1. The van der Waals surface area contributed by atoms with Crippen molar-refractivity contribution in [2.24, 2.45) is 5.92 Å². The molecular formula is C22H28N2O2. The number of ether oxygens (including phenoxy) is 1. The first-order valence-electron chi connectivity index (χ1n) is 9.38. The molecule has 0 spiro atoms. The van der Waals surface area contributed by atoms with Gasteiger partial charge in [0.1, 0.15) is 5.75 Å². The predicted molar refractivity (Wildman–Crippen MR) is 105 cm³/mol. The van der Waals surface area contributed by atoms with E-state index < -0.39 is 0 Å². The molecule has 0 radical (unpaired) electrons. The highest BCUT2D eigenvalue weighted by molar-refractivity contribution is 5.79. The number of para-hydroxylation sites is 1. The van der Waals surface area contributed by atoms with Gasteiger partial charge in [-0.15, -0.1) is 0 Å². The zero-order valence-corrected chi connectivity index (χ0v) is 15.7. The second-order valence-electron chi connectivity index (χ2n) is 7.10. The van der Waals surface area contributed by atoms with Crippen molar-refractivity contribution >= 4 is 11.6 Å². The highest BCUT2D eigenvalue weighted by atomic mass is 16.5. The zero-order valence-electron chi connectivity index (χ0n) is 15.7. The van der Waals surface area contributed by atoms with Gasteiger partial charge in [-0.25, -0.2) is 0 Å². The Labute approximate surface area is 156 Å². The molecule has 2 aromatic carbocycles. The molecule has 4 nitrogen and oxygen atoms in total. The fourth-order valence-corrected chi connectivity index (χ4v) is 3.33. The maximum absolute atomic E-state index is 12.4. The number of nitrogens with one attached hydrogen (secondary N) is 1. The average molecular weight is 352 g/mol. The summed E-state index contributed by atoms with van der Waals surface area (Å²) in [5.74, 6) is 1.87. The van der Waals surface area contributed by atoms with Gasteiger partial charge in [-0.05, 0) is 42.5 Å². The van der Waals surface area contributed by atoms with Gasteiger partial charge in [-0.3, -0.25) is 4.79 Å². The first kappa shape index (κ1) is 18.3. The van der Waals surface area contributed by atoms with Gasteiger partial charge in [-0.1, -0.05) is 37.3 Å². The summed E-state index contributed by atoms with van der Waals surface area (Å²) in [4.78, 5) is 14.4. The Morgan fingerprint density at radius 1 is 1.12 bits per heavy atom. The van der Waals surface area contributed by atoms with E-state index in [0.717, 1.165) is 54.4 Å². The van der Waals surface area contributed by atoms with Crippen LogP contribution in [0, 0.1) is 5.92 Å². The monoisotopic (exact) mass is 352 g/mol. The first-order chi connectivity index (χ1) is 12.7. The second-order valence-corrected chi connectivity index (χ2v) is 7.10. The van der Waals surface area contributed by atoms with Crippen LogP contribution in [0.25, 0.3) is 0 Å². The maximum atomic E-state index is 12.4. The highest BCUT2D eigenvalue weighted by Crippen LogP contribution is 2.20. The Morgan fingerprint density at radius 2 is 1.81 bits per heavy atom. The van der Waals surface area contributed by atoms with Crippen LogP contribution in [-0.2, 0) is 17.8 Å². The molecule has 138 valence electrons. The van der Waals surface area contributed by atoms with Crippen molar-refractivity contribution in [1.82, 2.24) is 4.90 Å². The lowest BCUT2D eigenvalue weighted by atomic mass is 9.98. The molecule has 1 aliphatic heterocycles. The van der Waals surface area contributed by atoms with Gasteiger partial charge in [0.2, 0.25) is 5.91 Å². The van der Waals surface area contributed by atoms with E-state index in [1.807, 2.05) is 47.4 Å². The molecule has 3 rings (SSSR count). The molecule has 2 aromatic rings. The summed E-state index contributed by atoms with van der Waals surface area (Å²) in [7, 11) is 1.69. The number of hydrogen-bond acceptors (Lipinski definition) is 3. The zero-order chi connectivity index (χ0) is 18.4. The van der Waals surface area contributed by atoms with Gasteiger partial charge >= 0.3 is 0 Å². The van der Waals surface area contributed by atoms with Crippen LogP contribution in [0.5, 0.6) is 5.75 Å². The molecule has 0 aliphatic carbocycles. The van der Waals surface area contributed by atoms with Crippen molar-refractivity contribution in [2.45, 2.75) is 32.7 Å². The van der Waals surface area contributed by atoms with Crippen molar-refractivity contribution in [3.63, 3.8) is 0 Å². The quantitative estimate of drug-likeness (QED) is 0.851. The molecule has 1 heterocycles. The lowest BCUT2D eigenvalue weighted by Gasteiger charge is -2.30. The van der Waals surface area contributed by atoms with Crippen LogP contribution in [0.3, 0.4) is 0 Å². The maximum Gasteiger partial charge on any atom is 0.226 e. The van der Waals surface area contributed by atoms with Gasteiger partial charge in [0.05, 0.1) is 13.5 Å². The van der Waals surface area contributed by atoms with Gasteiger partial charge < -0.3 is 15.0 Å². The number of benzene rings is 2. The van der Waals surface area contributed by atoms with Crippen LogP contribution in [0.2, 0.25) is 0 Å². The second kappa shape index (κ2) is 8.75. The van der Waals surface area contributed by atoms with Crippen LogP contribution >= 0.6 is 0 Å². The van der Waals surface area contributed by atoms with Crippen molar-refractivity contribution in [3.05, 3.63) is 59.7 Å². The number of carbonyl (C=O) groups excluding carboxylic acids is 1. The number of rotatable bonds is 6. The van der Waals surface area contributed by atoms with E-state index in [2.05, 4.69) is 18.3 Å². The van der Waals surface area contributed by atoms with Crippen LogP contribution in [0.4, 0.5) is 5.69 Å². The van der Waals surface area contributed by atoms with Crippen molar-refractivity contribution in [1.29, 1.82) is 0 Å². The molecule has 1 N–H and O–H groups in total. The van der Waals surface area contributed by atoms with E-state index >= 15 is 0 Å². The number of amides is 1. The van der Waals surface area contributed by atoms with E-state index in [1.165, 1.54) is 0 Å². The number of nitrogens with zero attached hydrogens (tertiary/aromatic N) is 1. The largest absolute Gasteiger partial charge is 0.496 e. The van der Waals surface area contributed by atoms with Crippen molar-refractivity contribution < 1.29 is 9.53 Å². The van der Waals surface area contributed by atoms with Gasteiger partial charge in [-0.2, -0.15) is 0 Å². The highest BCUT2D eigenvalue weighted by Gasteiger charge is 2.20. The molecular weight excluding hydrogens is 324 g/mol. The Balaban J connectivity index is 1.52. The van der Waals surface area contributed by atoms with E-state index in [-0.39, 0.29) is 5.91 Å². The molecule has 1 amide bonds. The van der Waals surface area contributed by atoms with Crippen LogP contribution in [0.1, 0.15) is 30.9 Å². The number of carbonyl (C=O) groups is 1. The average Bonchev–Trinajstić information content (AvgIpc) is 2.68. The van der Waals surface area contributed by atoms with Gasteiger partial charge in [0, 0.05) is 30.9 Å². The summed E-state index contributed by atoms with van der Waals surface area (Å²) in [6, 6.07) is 16.1. The molecule has 0 atom stereocenters. The predicted octanol–water partition coefficient (Wildman–Crippen LogP) is 4.11. The van der Waals surface area contributed by atoms with E-state index in [0.29, 0.717) is 13.0 Å². The van der Waals surface area contributed by atoms with Gasteiger partial charge in [0.25, 0.3) is 0 Å². The molecule has 1 saturated heterocycles. The number of methoxy groups -OCH3 is 1. The summed E-state index contributed by atoms with van der Waals surface area (Å²) >= 11 is 0. The lowest BCUT2D eigenvalue weighted by Crippen LogP contribution is -2.38. The summed E-state index contributed by atoms with van der Waals surface area (Å²) < 4.78 is 5.38. The standard InChI is InChI=1S/C22H28N2O2/c1-17-11-13-24(14-12-17)22(25)15-18-7-9-20(10-8-18)23-16-19-5-3-4-6-21(19)26-2/h3-10,17,23H,11-16H2,1-2H3. The summed E-state index contributed by atoms with van der Waals surface area (Å²) in [5.41, 5.74) is 3.23. The minimum Gasteiger partial charge on any atom is -0.496 e. The number of likely N-dealkylation sites (tertiary alicyclic amines) is 1. The van der Waals surface area contributed by atoms with Crippen LogP contribution in [0.15, 0.2) is 48.5 Å². The van der Waals surface area contributed by atoms with Crippen molar-refractivity contribution in [2.75, 3.05) is 25.5 Å². The topological polar surface area (TPSA) is 41.6 Å². The lowest BCUT2D eigenvalue weighted by molar-refractivity contribution is -0.131. The number of piperidine rings is 1. The third-order valence-corrected chi connectivity index (χ3v) is 5.12. The first-order valence-corrected chi connectivity index (χ1v) is 9.38. The fourth-order valence-electron chi connectivity index (χ4n) is 3.33. The normalized spacial score (nSPS) is 14.9. The molecule has 0 saturated carbocycles. The Morgan fingerprint density at radius 3 is 2.50 bits per heavy atom. The summed E-state index contributed by atoms with van der Waals surface area (Å²) in [5, 5.41) is 3.41. The Kier molecular flexibility index (Phi) is 6.16. The fraction of sp³-hybridized carbons (Fsp3) is 0.409. The van der Waals surface area contributed by atoms with E-state index in [4.69, 9.17) is 4.74 Å². The minimum absolute atomic E-state index is 0.242. The third kappa shape index (κ3) is 4.78. The molecule has 0 aromatic heterocycles. The molecule has 0 bridgehead atoms. The molecule has 1 fully saturated rings. The van der Waals surface area contributed by atoms with Crippen LogP contribution in [-0.4, -0.2) is 31.0 Å². The molecule has 4 heteroatoms. The van der Waals surface area contributed by atoms with Crippen molar-refractivity contribution in [3.8, 4) is 5.75 Å². The van der Waals surface area contributed by atoms with Crippen LogP contribution < -0.4 is 10.1 Å². The molecule has 0 unspecified atom stereocenters. The van der Waals surface area contributed by atoms with E-state index in [9.17, 15) is 4.79 Å². The SMILES string of the molecule is COc1ccccc1CNc1ccc(CC(=O)N2CCC(C)CC2)cc1. The minimum atomic E-state index is 0.242.